The predicted octanol–water partition coefficient (Wildman–Crippen LogP) is 4.93. The Morgan fingerprint density at radius 3 is 1.65 bits per heavy atom. The highest BCUT2D eigenvalue weighted by atomic mass is 32.2. The van der Waals surface area contributed by atoms with Crippen molar-refractivity contribution in [1.82, 2.24) is 8.61 Å². The third-order valence-electron chi connectivity index (χ3n) is 6.94. The number of benzene rings is 3. The summed E-state index contributed by atoms with van der Waals surface area (Å²) in [6, 6.07) is 20.3. The first kappa shape index (κ1) is 27.3. The maximum absolute atomic E-state index is 14.0. The first-order valence-electron chi connectivity index (χ1n) is 12.5. The minimum absolute atomic E-state index is 0.0454. The summed E-state index contributed by atoms with van der Waals surface area (Å²) in [5.41, 5.74) is 3.49. The smallest absolute Gasteiger partial charge is 0.245 e. The normalized spacial score (nSPS) is 19.3. The number of hydrogen-bond donors (Lipinski definition) is 0. The second-order valence-electron chi connectivity index (χ2n) is 9.52. The minimum Gasteiger partial charge on any atom is -0.372 e. The molecule has 198 valence electrons. The molecule has 9 heteroatoms. The minimum atomic E-state index is -4.00. The van der Waals surface area contributed by atoms with Gasteiger partial charge in [-0.15, -0.1) is 0 Å². The highest BCUT2D eigenvalue weighted by Crippen LogP contribution is 2.42. The lowest BCUT2D eigenvalue weighted by Gasteiger charge is -2.31. The van der Waals surface area contributed by atoms with Crippen molar-refractivity contribution >= 4 is 25.7 Å². The Morgan fingerprint density at radius 2 is 1.19 bits per heavy atom. The lowest BCUT2D eigenvalue weighted by Crippen LogP contribution is -2.39. The molecule has 1 saturated heterocycles. The first-order chi connectivity index (χ1) is 17.5. The third kappa shape index (κ3) is 5.18. The highest BCUT2D eigenvalue weighted by Gasteiger charge is 2.50. The molecule has 4 rings (SSSR count). The summed E-state index contributed by atoms with van der Waals surface area (Å²) in [5, 5.41) is 0. The molecule has 3 aromatic carbocycles. The average molecular weight is 542 g/mol. The van der Waals surface area contributed by atoms with Crippen LogP contribution in [0, 0.1) is 13.8 Å². The van der Waals surface area contributed by atoms with Gasteiger partial charge in [-0.1, -0.05) is 47.5 Å². The highest BCUT2D eigenvalue weighted by molar-refractivity contribution is 7.90. The molecule has 0 aromatic heterocycles. The third-order valence-corrected chi connectivity index (χ3v) is 10.8. The summed E-state index contributed by atoms with van der Waals surface area (Å²) >= 11 is 0. The fraction of sp³-hybridized carbons (Fsp3) is 0.357. The molecular weight excluding hydrogens is 506 g/mol. The Morgan fingerprint density at radius 1 is 0.730 bits per heavy atom. The van der Waals surface area contributed by atoms with E-state index in [1.807, 2.05) is 38.1 Å². The van der Waals surface area contributed by atoms with E-state index in [4.69, 9.17) is 0 Å². The zero-order valence-corrected chi connectivity index (χ0v) is 23.6. The van der Waals surface area contributed by atoms with E-state index in [-0.39, 0.29) is 16.3 Å². The van der Waals surface area contributed by atoms with E-state index in [1.165, 1.54) is 8.61 Å². The van der Waals surface area contributed by atoms with Crippen LogP contribution in [0.5, 0.6) is 0 Å². The van der Waals surface area contributed by atoms with Crippen LogP contribution >= 0.6 is 0 Å². The molecule has 0 spiro atoms. The molecule has 0 radical (unpaired) electrons. The van der Waals surface area contributed by atoms with Gasteiger partial charge in [-0.25, -0.2) is 16.8 Å². The summed E-state index contributed by atoms with van der Waals surface area (Å²) in [7, 11) is -7.99. The molecule has 1 fully saturated rings. The molecule has 3 aromatic rings. The summed E-state index contributed by atoms with van der Waals surface area (Å²) in [6.07, 6.45) is -1.02. The van der Waals surface area contributed by atoms with Gasteiger partial charge in [0.25, 0.3) is 0 Å². The van der Waals surface area contributed by atoms with E-state index in [0.29, 0.717) is 5.56 Å². The Hall–Kier alpha value is -2.72. The Balaban J connectivity index is 1.85. The molecule has 0 amide bonds. The monoisotopic (exact) mass is 541 g/mol. The van der Waals surface area contributed by atoms with Gasteiger partial charge in [-0.2, -0.15) is 8.61 Å². The SMILES string of the molecule is CCN(CC)c1ccc([C@H]2N(S(=O)(=O)c3ccc(C)cc3)C[C@H](C)N2S(=O)(=O)c2ccc(C)cc2)cc1. The van der Waals surface area contributed by atoms with Gasteiger partial charge in [-0.3, -0.25) is 0 Å². The summed E-state index contributed by atoms with van der Waals surface area (Å²) in [6.45, 7) is 11.4. The van der Waals surface area contributed by atoms with Crippen molar-refractivity contribution in [2.24, 2.45) is 0 Å². The molecule has 1 aliphatic heterocycles. The zero-order valence-electron chi connectivity index (χ0n) is 22.0. The molecule has 0 unspecified atom stereocenters. The van der Waals surface area contributed by atoms with E-state index < -0.39 is 32.3 Å². The van der Waals surface area contributed by atoms with Crippen LogP contribution in [0.25, 0.3) is 0 Å². The number of nitrogens with zero attached hydrogens (tertiary/aromatic N) is 3. The van der Waals surface area contributed by atoms with Gasteiger partial charge < -0.3 is 4.90 Å². The van der Waals surface area contributed by atoms with Crippen LogP contribution in [0.3, 0.4) is 0 Å². The van der Waals surface area contributed by atoms with Gasteiger partial charge in [0, 0.05) is 31.4 Å². The van der Waals surface area contributed by atoms with Crippen LogP contribution in [0.1, 0.15) is 43.6 Å². The van der Waals surface area contributed by atoms with Gasteiger partial charge in [0.15, 0.2) is 0 Å². The Labute approximate surface area is 221 Å². The molecule has 37 heavy (non-hydrogen) atoms. The van der Waals surface area contributed by atoms with Crippen molar-refractivity contribution in [3.8, 4) is 0 Å². The Kier molecular flexibility index (Phi) is 7.80. The molecule has 2 atom stereocenters. The molecule has 1 aliphatic rings. The number of rotatable bonds is 8. The standard InChI is InChI=1S/C28H35N3O4S2/c1-6-29(7-2)25-14-12-24(13-15-25)28-30(36(32,33)26-16-8-21(3)9-17-26)20-23(5)31(28)37(34,35)27-18-10-22(4)11-19-27/h8-19,23,28H,6-7,20H2,1-5H3/t23-,28-/m0/s1. The quantitative estimate of drug-likeness (QED) is 0.404. The molecule has 0 bridgehead atoms. The molecule has 0 saturated carbocycles. The fourth-order valence-electron chi connectivity index (χ4n) is 4.84. The van der Waals surface area contributed by atoms with Crippen LogP contribution in [-0.4, -0.2) is 51.1 Å². The van der Waals surface area contributed by atoms with Crippen LogP contribution in [0.2, 0.25) is 0 Å². The van der Waals surface area contributed by atoms with Gasteiger partial charge in [0.2, 0.25) is 20.0 Å². The van der Waals surface area contributed by atoms with Gasteiger partial charge in [-0.05, 0) is 76.6 Å². The first-order valence-corrected chi connectivity index (χ1v) is 15.4. The van der Waals surface area contributed by atoms with E-state index in [0.717, 1.165) is 29.9 Å². The largest absolute Gasteiger partial charge is 0.372 e. The second kappa shape index (κ2) is 10.6. The number of aryl methyl sites for hydroxylation is 2. The molecule has 0 aliphatic carbocycles. The topological polar surface area (TPSA) is 78.0 Å². The van der Waals surface area contributed by atoms with Crippen molar-refractivity contribution in [3.05, 3.63) is 89.5 Å². The van der Waals surface area contributed by atoms with Crippen molar-refractivity contribution in [2.45, 2.75) is 56.6 Å². The van der Waals surface area contributed by atoms with Crippen LogP contribution < -0.4 is 4.90 Å². The van der Waals surface area contributed by atoms with Crippen molar-refractivity contribution in [2.75, 3.05) is 24.5 Å². The van der Waals surface area contributed by atoms with Gasteiger partial charge >= 0.3 is 0 Å². The summed E-state index contributed by atoms with van der Waals surface area (Å²) in [4.78, 5) is 2.47. The van der Waals surface area contributed by atoms with E-state index in [9.17, 15) is 16.8 Å². The lowest BCUT2D eigenvalue weighted by atomic mass is 10.1. The molecule has 0 N–H and O–H groups in total. The van der Waals surface area contributed by atoms with Crippen LogP contribution in [-0.2, 0) is 20.0 Å². The van der Waals surface area contributed by atoms with Gasteiger partial charge in [0.05, 0.1) is 9.79 Å². The van der Waals surface area contributed by atoms with Crippen molar-refractivity contribution in [3.63, 3.8) is 0 Å². The van der Waals surface area contributed by atoms with Crippen LogP contribution in [0.15, 0.2) is 82.6 Å². The Bertz CT molecular complexity index is 1430. The maximum atomic E-state index is 14.0. The predicted molar refractivity (Wildman–Crippen MR) is 147 cm³/mol. The fourth-order valence-corrected chi connectivity index (χ4v) is 8.31. The van der Waals surface area contributed by atoms with E-state index >= 15 is 0 Å². The molecular formula is C28H35N3O4S2. The summed E-state index contributed by atoms with van der Waals surface area (Å²) in [5.74, 6) is 0. The zero-order chi connectivity index (χ0) is 27.0. The van der Waals surface area contributed by atoms with E-state index in [1.54, 1.807) is 55.5 Å². The maximum Gasteiger partial charge on any atom is 0.245 e. The number of sulfonamides is 2. The number of hydrogen-bond acceptors (Lipinski definition) is 5. The lowest BCUT2D eigenvalue weighted by molar-refractivity contribution is 0.276. The van der Waals surface area contributed by atoms with Gasteiger partial charge in [0.1, 0.15) is 6.17 Å². The van der Waals surface area contributed by atoms with E-state index in [2.05, 4.69) is 18.7 Å². The number of anilines is 1. The molecule has 7 nitrogen and oxygen atoms in total. The average Bonchev–Trinajstić information content (AvgIpc) is 3.24. The summed E-state index contributed by atoms with van der Waals surface area (Å²) < 4.78 is 58.4. The second-order valence-corrected chi connectivity index (χ2v) is 13.3. The molecule has 1 heterocycles. The van der Waals surface area contributed by atoms with Crippen molar-refractivity contribution in [1.29, 1.82) is 0 Å². The van der Waals surface area contributed by atoms with Crippen LogP contribution in [0.4, 0.5) is 5.69 Å². The van der Waals surface area contributed by atoms with Crippen molar-refractivity contribution < 1.29 is 16.8 Å².